The molecular weight excluding hydrogens is 383 g/mol. The third kappa shape index (κ3) is 4.25. The molecule has 0 saturated carbocycles. The van der Waals surface area contributed by atoms with Crippen molar-refractivity contribution in [1.29, 1.82) is 0 Å². The third-order valence-corrected chi connectivity index (χ3v) is 5.23. The van der Waals surface area contributed by atoms with E-state index in [9.17, 15) is 14.0 Å². The van der Waals surface area contributed by atoms with Crippen LogP contribution < -0.4 is 5.32 Å². The van der Waals surface area contributed by atoms with Crippen molar-refractivity contribution < 1.29 is 14.0 Å². The van der Waals surface area contributed by atoms with Gasteiger partial charge in [-0.25, -0.2) is 9.07 Å². The predicted molar refractivity (Wildman–Crippen MR) is 112 cm³/mol. The summed E-state index contributed by atoms with van der Waals surface area (Å²) in [5.41, 5.74) is 1.36. The van der Waals surface area contributed by atoms with E-state index < -0.39 is 11.7 Å². The largest absolute Gasteiger partial charge is 0.338 e. The number of aromatic nitrogens is 2. The lowest BCUT2D eigenvalue weighted by Crippen LogP contribution is -2.32. The van der Waals surface area contributed by atoms with E-state index in [4.69, 9.17) is 0 Å². The number of rotatable bonds is 4. The molecule has 6 nitrogen and oxygen atoms in total. The molecule has 1 saturated heterocycles. The van der Waals surface area contributed by atoms with Crippen LogP contribution in [0.3, 0.4) is 0 Å². The fraction of sp³-hybridized carbons (Fsp3) is 0.261. The lowest BCUT2D eigenvalue weighted by molar-refractivity contribution is 0.0762. The molecule has 30 heavy (non-hydrogen) atoms. The van der Waals surface area contributed by atoms with Gasteiger partial charge in [0.2, 0.25) is 0 Å². The molecule has 0 aliphatic carbocycles. The smallest absolute Gasteiger partial charge is 0.259 e. The number of hydrogen-bond acceptors (Lipinski definition) is 3. The minimum Gasteiger partial charge on any atom is -0.338 e. The number of carbonyl (C=O) groups excluding carboxylic acids is 2. The van der Waals surface area contributed by atoms with Crippen molar-refractivity contribution in [1.82, 2.24) is 14.7 Å². The van der Waals surface area contributed by atoms with Crippen molar-refractivity contribution >= 4 is 17.6 Å². The molecule has 1 aliphatic rings. The first-order chi connectivity index (χ1) is 14.6. The summed E-state index contributed by atoms with van der Waals surface area (Å²) in [5, 5.41) is 7.20. The zero-order chi connectivity index (χ0) is 20.9. The molecular formula is C23H23FN4O2. The quantitative estimate of drug-likeness (QED) is 0.703. The summed E-state index contributed by atoms with van der Waals surface area (Å²) in [4.78, 5) is 27.9. The molecule has 1 fully saturated rings. The molecule has 2 aromatic carbocycles. The van der Waals surface area contributed by atoms with Gasteiger partial charge in [-0.05, 0) is 49.2 Å². The number of halogens is 1. The molecule has 0 bridgehead atoms. The van der Waals surface area contributed by atoms with Crippen LogP contribution in [0.2, 0.25) is 0 Å². The normalized spacial score (nSPS) is 14.2. The van der Waals surface area contributed by atoms with Gasteiger partial charge in [-0.15, -0.1) is 0 Å². The Bertz CT molecular complexity index is 1020. The lowest BCUT2D eigenvalue weighted by Gasteiger charge is -2.20. The lowest BCUT2D eigenvalue weighted by atomic mass is 10.2. The predicted octanol–water partition coefficient (Wildman–Crippen LogP) is 4.28. The Balaban J connectivity index is 1.69. The maximum atomic E-state index is 13.3. The fourth-order valence-electron chi connectivity index (χ4n) is 3.62. The average molecular weight is 406 g/mol. The number of benzene rings is 2. The van der Waals surface area contributed by atoms with Gasteiger partial charge in [-0.2, -0.15) is 5.10 Å². The van der Waals surface area contributed by atoms with Crippen molar-refractivity contribution in [3.8, 4) is 5.69 Å². The van der Waals surface area contributed by atoms with Gasteiger partial charge in [-0.3, -0.25) is 9.59 Å². The average Bonchev–Trinajstić information content (AvgIpc) is 2.99. The fourth-order valence-corrected chi connectivity index (χ4v) is 3.62. The Hall–Kier alpha value is -3.48. The van der Waals surface area contributed by atoms with E-state index in [-0.39, 0.29) is 5.91 Å². The van der Waals surface area contributed by atoms with Crippen LogP contribution in [0.5, 0.6) is 0 Å². The van der Waals surface area contributed by atoms with Gasteiger partial charge in [0.25, 0.3) is 11.8 Å². The summed E-state index contributed by atoms with van der Waals surface area (Å²) in [6.07, 6.45) is 5.66. The maximum absolute atomic E-state index is 13.3. The molecule has 0 unspecified atom stereocenters. The molecule has 2 amide bonds. The summed E-state index contributed by atoms with van der Waals surface area (Å²) in [7, 11) is 0. The number of amides is 2. The minimum absolute atomic E-state index is 0.145. The van der Waals surface area contributed by atoms with E-state index in [0.717, 1.165) is 31.4 Å². The second-order valence-corrected chi connectivity index (χ2v) is 7.32. The molecule has 1 N–H and O–H groups in total. The third-order valence-electron chi connectivity index (χ3n) is 5.23. The Morgan fingerprint density at radius 2 is 1.57 bits per heavy atom. The van der Waals surface area contributed by atoms with Gasteiger partial charge in [-0.1, -0.05) is 31.0 Å². The van der Waals surface area contributed by atoms with Crippen LogP contribution in [0.15, 0.2) is 60.8 Å². The highest BCUT2D eigenvalue weighted by Gasteiger charge is 2.25. The first-order valence-electron chi connectivity index (χ1n) is 10.1. The summed E-state index contributed by atoms with van der Waals surface area (Å²) >= 11 is 0. The monoisotopic (exact) mass is 406 g/mol. The van der Waals surface area contributed by atoms with Crippen molar-refractivity contribution in [2.24, 2.45) is 0 Å². The van der Waals surface area contributed by atoms with Crippen LogP contribution in [0.1, 0.15) is 46.4 Å². The summed E-state index contributed by atoms with van der Waals surface area (Å²) in [5.74, 6) is -0.686. The Labute approximate surface area is 174 Å². The zero-order valence-electron chi connectivity index (χ0n) is 16.6. The number of anilines is 1. The molecule has 0 atom stereocenters. The highest BCUT2D eigenvalue weighted by atomic mass is 19.1. The summed E-state index contributed by atoms with van der Waals surface area (Å²) < 4.78 is 14.8. The van der Waals surface area contributed by atoms with Crippen LogP contribution in [0.4, 0.5) is 10.2 Å². The van der Waals surface area contributed by atoms with Gasteiger partial charge in [0.05, 0.1) is 11.9 Å². The minimum atomic E-state index is -0.433. The second-order valence-electron chi connectivity index (χ2n) is 7.32. The molecule has 4 rings (SSSR count). The highest BCUT2D eigenvalue weighted by molar-refractivity contribution is 6.08. The highest BCUT2D eigenvalue weighted by Crippen LogP contribution is 2.24. The molecule has 3 aromatic rings. The van der Waals surface area contributed by atoms with Gasteiger partial charge < -0.3 is 10.2 Å². The van der Waals surface area contributed by atoms with Crippen LogP contribution in [0, 0.1) is 5.82 Å². The van der Waals surface area contributed by atoms with Crippen LogP contribution in [-0.2, 0) is 0 Å². The van der Waals surface area contributed by atoms with E-state index in [0.29, 0.717) is 30.0 Å². The van der Waals surface area contributed by atoms with Crippen molar-refractivity contribution in [2.45, 2.75) is 25.7 Å². The van der Waals surface area contributed by atoms with Crippen molar-refractivity contribution in [3.05, 3.63) is 77.7 Å². The van der Waals surface area contributed by atoms with Crippen molar-refractivity contribution in [3.63, 3.8) is 0 Å². The van der Waals surface area contributed by atoms with Gasteiger partial charge >= 0.3 is 0 Å². The van der Waals surface area contributed by atoms with E-state index in [2.05, 4.69) is 10.4 Å². The van der Waals surface area contributed by atoms with Crippen molar-refractivity contribution in [2.75, 3.05) is 18.4 Å². The zero-order valence-corrected chi connectivity index (χ0v) is 16.6. The SMILES string of the molecule is O=C(Nc1c(C(=O)N2CCCCCC2)cnn1-c1ccccc1)c1ccc(F)cc1. The molecule has 0 radical (unpaired) electrons. The standard InChI is InChI=1S/C23H23FN4O2/c24-18-12-10-17(11-13-18)22(29)26-21-20(23(30)27-14-6-1-2-7-15-27)16-25-28(21)19-8-4-3-5-9-19/h3-5,8-13,16H,1-2,6-7,14-15H2,(H,26,29). The number of likely N-dealkylation sites (tertiary alicyclic amines) is 1. The number of para-hydroxylation sites is 1. The van der Waals surface area contributed by atoms with Gasteiger partial charge in [0, 0.05) is 18.7 Å². The number of hydrogen-bond donors (Lipinski definition) is 1. The Morgan fingerprint density at radius 3 is 2.23 bits per heavy atom. The number of carbonyl (C=O) groups is 2. The van der Waals surface area contributed by atoms with E-state index in [1.165, 1.54) is 30.5 Å². The molecule has 7 heteroatoms. The number of nitrogens with one attached hydrogen (secondary N) is 1. The topological polar surface area (TPSA) is 67.2 Å². The van der Waals surface area contributed by atoms with Crippen LogP contribution in [-0.4, -0.2) is 39.6 Å². The second kappa shape index (κ2) is 8.90. The molecule has 2 heterocycles. The molecule has 0 spiro atoms. The van der Waals surface area contributed by atoms with Crippen LogP contribution >= 0.6 is 0 Å². The summed E-state index contributed by atoms with van der Waals surface area (Å²) in [6.45, 7) is 1.39. The van der Waals surface area contributed by atoms with E-state index in [1.807, 2.05) is 35.2 Å². The maximum Gasteiger partial charge on any atom is 0.259 e. The van der Waals surface area contributed by atoms with Gasteiger partial charge in [0.15, 0.2) is 0 Å². The van der Waals surface area contributed by atoms with E-state index >= 15 is 0 Å². The molecule has 1 aromatic heterocycles. The van der Waals surface area contributed by atoms with E-state index in [1.54, 1.807) is 4.68 Å². The molecule has 154 valence electrons. The Morgan fingerprint density at radius 1 is 0.900 bits per heavy atom. The first kappa shape index (κ1) is 19.8. The van der Waals surface area contributed by atoms with Gasteiger partial charge in [0.1, 0.15) is 17.2 Å². The summed E-state index contributed by atoms with van der Waals surface area (Å²) in [6, 6.07) is 14.6. The van der Waals surface area contributed by atoms with Crippen LogP contribution in [0.25, 0.3) is 5.69 Å². The number of nitrogens with zero attached hydrogens (tertiary/aromatic N) is 3. The Kier molecular flexibility index (Phi) is 5.88. The molecule has 1 aliphatic heterocycles. The first-order valence-corrected chi connectivity index (χ1v) is 10.1.